The zero-order valence-electron chi connectivity index (χ0n) is 16.0. The molecule has 0 saturated heterocycles. The van der Waals surface area contributed by atoms with E-state index in [1.54, 1.807) is 24.3 Å². The second-order valence-corrected chi connectivity index (χ2v) is 7.01. The summed E-state index contributed by atoms with van der Waals surface area (Å²) in [6, 6.07) is 15.1. The Morgan fingerprint density at radius 2 is 1.75 bits per heavy atom. The predicted octanol–water partition coefficient (Wildman–Crippen LogP) is 2.88. The lowest BCUT2D eigenvalue weighted by atomic mass is 10.1. The number of hydrogen-bond acceptors (Lipinski definition) is 3. The summed E-state index contributed by atoms with van der Waals surface area (Å²) in [5.74, 6) is 0.0151. The highest BCUT2D eigenvalue weighted by Crippen LogP contribution is 2.06. The Bertz CT molecular complexity index is 1060. The second kappa shape index (κ2) is 9.17. The van der Waals surface area contributed by atoms with Gasteiger partial charge >= 0.3 is 5.69 Å². The van der Waals surface area contributed by atoms with Gasteiger partial charge in [0.25, 0.3) is 5.56 Å². The van der Waals surface area contributed by atoms with Crippen molar-refractivity contribution in [3.63, 3.8) is 0 Å². The van der Waals surface area contributed by atoms with Gasteiger partial charge in [-0.1, -0.05) is 48.4 Å². The molecule has 0 aliphatic carbocycles. The first kappa shape index (κ1) is 19.6. The minimum atomic E-state index is -0.389. The molecule has 0 bridgehead atoms. The van der Waals surface area contributed by atoms with Crippen LogP contribution in [0.5, 0.6) is 0 Å². The van der Waals surface area contributed by atoms with Crippen LogP contribution in [0.2, 0.25) is 0 Å². The fraction of sp³-hybridized carbons (Fsp3) is 0.318. The number of aromatic nitrogens is 2. The number of H-pyrrole nitrogens is 1. The highest BCUT2D eigenvalue weighted by atomic mass is 16.2. The fourth-order valence-electron chi connectivity index (χ4n) is 3.13. The van der Waals surface area contributed by atoms with Crippen molar-refractivity contribution in [2.75, 3.05) is 0 Å². The Kier molecular flexibility index (Phi) is 6.42. The van der Waals surface area contributed by atoms with Crippen LogP contribution >= 0.6 is 0 Å². The minimum Gasteiger partial charge on any atom is -0.352 e. The van der Waals surface area contributed by atoms with Gasteiger partial charge in [-0.05, 0) is 37.5 Å². The Morgan fingerprint density at radius 1 is 1.00 bits per heavy atom. The van der Waals surface area contributed by atoms with E-state index in [0.29, 0.717) is 36.8 Å². The van der Waals surface area contributed by atoms with Gasteiger partial charge in [0, 0.05) is 19.5 Å². The molecular weight excluding hydrogens is 354 g/mol. The van der Waals surface area contributed by atoms with E-state index in [0.717, 1.165) is 18.4 Å². The van der Waals surface area contributed by atoms with Crippen molar-refractivity contribution in [2.45, 2.75) is 45.7 Å². The number of amides is 1. The van der Waals surface area contributed by atoms with Crippen molar-refractivity contribution in [3.05, 3.63) is 80.5 Å². The van der Waals surface area contributed by atoms with Crippen LogP contribution in [0.4, 0.5) is 0 Å². The van der Waals surface area contributed by atoms with Crippen molar-refractivity contribution in [3.8, 4) is 0 Å². The maximum atomic E-state index is 12.4. The number of para-hydroxylation sites is 1. The number of nitrogens with zero attached hydrogens (tertiary/aromatic N) is 1. The van der Waals surface area contributed by atoms with Gasteiger partial charge in [-0.25, -0.2) is 4.79 Å². The molecule has 146 valence electrons. The van der Waals surface area contributed by atoms with E-state index in [1.807, 2.05) is 31.2 Å². The summed E-state index contributed by atoms with van der Waals surface area (Å²) in [7, 11) is 0. The molecule has 2 aromatic carbocycles. The third kappa shape index (κ3) is 4.97. The van der Waals surface area contributed by atoms with Gasteiger partial charge in [0.15, 0.2) is 0 Å². The van der Waals surface area contributed by atoms with Crippen LogP contribution in [0.25, 0.3) is 10.9 Å². The van der Waals surface area contributed by atoms with Gasteiger partial charge in [0.1, 0.15) is 0 Å². The summed E-state index contributed by atoms with van der Waals surface area (Å²) in [6.07, 6.45) is 2.61. The zero-order valence-corrected chi connectivity index (χ0v) is 16.0. The second-order valence-electron chi connectivity index (χ2n) is 7.01. The van der Waals surface area contributed by atoms with Crippen molar-refractivity contribution in [2.24, 2.45) is 0 Å². The fourth-order valence-corrected chi connectivity index (χ4v) is 3.13. The van der Waals surface area contributed by atoms with E-state index < -0.39 is 0 Å². The number of rotatable bonds is 8. The maximum Gasteiger partial charge on any atom is 0.328 e. The molecule has 28 heavy (non-hydrogen) atoms. The summed E-state index contributed by atoms with van der Waals surface area (Å²) in [4.78, 5) is 39.2. The largest absolute Gasteiger partial charge is 0.352 e. The zero-order chi connectivity index (χ0) is 19.9. The number of fused-ring (bicyclic) bond motifs is 1. The molecule has 1 heterocycles. The average Bonchev–Trinajstić information content (AvgIpc) is 2.69. The number of carbonyl (C=O) groups is 1. The monoisotopic (exact) mass is 379 g/mol. The first-order chi connectivity index (χ1) is 13.5. The van der Waals surface area contributed by atoms with Gasteiger partial charge in [0.2, 0.25) is 5.91 Å². The maximum absolute atomic E-state index is 12.4. The number of carbonyl (C=O) groups excluding carboxylic acids is 1. The molecule has 0 saturated carbocycles. The number of aryl methyl sites for hydroxylation is 1. The number of benzene rings is 2. The molecule has 1 amide bonds. The average molecular weight is 379 g/mol. The number of hydrogen-bond donors (Lipinski definition) is 2. The predicted molar refractivity (Wildman–Crippen MR) is 110 cm³/mol. The third-order valence-corrected chi connectivity index (χ3v) is 4.79. The molecule has 0 atom stereocenters. The van der Waals surface area contributed by atoms with Crippen molar-refractivity contribution in [1.82, 2.24) is 14.9 Å². The molecule has 0 radical (unpaired) electrons. The van der Waals surface area contributed by atoms with Gasteiger partial charge in [0.05, 0.1) is 10.9 Å². The van der Waals surface area contributed by atoms with Gasteiger partial charge in [-0.15, -0.1) is 0 Å². The molecule has 6 nitrogen and oxygen atoms in total. The Morgan fingerprint density at radius 3 is 2.54 bits per heavy atom. The lowest BCUT2D eigenvalue weighted by molar-refractivity contribution is -0.121. The van der Waals surface area contributed by atoms with Crippen molar-refractivity contribution < 1.29 is 4.79 Å². The van der Waals surface area contributed by atoms with E-state index in [1.165, 1.54) is 10.1 Å². The van der Waals surface area contributed by atoms with E-state index in [-0.39, 0.29) is 17.2 Å². The molecule has 0 fully saturated rings. The van der Waals surface area contributed by atoms with Crippen LogP contribution < -0.4 is 16.6 Å². The highest BCUT2D eigenvalue weighted by molar-refractivity contribution is 5.77. The quantitative estimate of drug-likeness (QED) is 0.590. The molecule has 0 spiro atoms. The standard InChI is InChI=1S/C22H25N3O3/c1-16-10-12-17(13-11-16)15-23-20(26)9-3-2-6-14-25-21(27)18-7-4-5-8-19(18)24-22(25)28/h4-5,7-8,10-13H,2-3,6,9,14-15H2,1H3,(H,23,26)(H,24,28). The van der Waals surface area contributed by atoms with Crippen molar-refractivity contribution in [1.29, 1.82) is 0 Å². The molecular formula is C22H25N3O3. The molecule has 6 heteroatoms. The van der Waals surface area contributed by atoms with Crippen LogP contribution in [-0.4, -0.2) is 15.5 Å². The van der Waals surface area contributed by atoms with E-state index >= 15 is 0 Å². The summed E-state index contributed by atoms with van der Waals surface area (Å²) in [5.41, 5.74) is 2.17. The highest BCUT2D eigenvalue weighted by Gasteiger charge is 2.07. The van der Waals surface area contributed by atoms with Crippen LogP contribution in [0.15, 0.2) is 58.1 Å². The smallest absolute Gasteiger partial charge is 0.328 e. The Hall–Kier alpha value is -3.15. The van der Waals surface area contributed by atoms with Crippen molar-refractivity contribution >= 4 is 16.8 Å². The van der Waals surface area contributed by atoms with Crippen LogP contribution in [-0.2, 0) is 17.9 Å². The molecule has 3 rings (SSSR count). The van der Waals surface area contributed by atoms with E-state index in [9.17, 15) is 14.4 Å². The minimum absolute atomic E-state index is 0.0151. The first-order valence-electron chi connectivity index (χ1n) is 9.59. The first-order valence-corrected chi connectivity index (χ1v) is 9.59. The number of unbranched alkanes of at least 4 members (excludes halogenated alkanes) is 2. The molecule has 0 unspecified atom stereocenters. The molecule has 1 aromatic heterocycles. The van der Waals surface area contributed by atoms with Gasteiger partial charge in [-0.3, -0.25) is 14.2 Å². The topological polar surface area (TPSA) is 84.0 Å². The van der Waals surface area contributed by atoms with Crippen LogP contribution in [0.1, 0.15) is 36.8 Å². The van der Waals surface area contributed by atoms with Crippen LogP contribution in [0, 0.1) is 6.92 Å². The summed E-state index contributed by atoms with van der Waals surface area (Å²) >= 11 is 0. The Labute approximate surface area is 163 Å². The summed E-state index contributed by atoms with van der Waals surface area (Å²) in [5, 5.41) is 3.43. The number of nitrogens with one attached hydrogen (secondary N) is 2. The van der Waals surface area contributed by atoms with Crippen LogP contribution in [0.3, 0.4) is 0 Å². The summed E-state index contributed by atoms with van der Waals surface area (Å²) in [6.45, 7) is 2.91. The Balaban J connectivity index is 1.43. The summed E-state index contributed by atoms with van der Waals surface area (Å²) < 4.78 is 1.24. The molecule has 2 N–H and O–H groups in total. The van der Waals surface area contributed by atoms with Gasteiger partial charge in [-0.2, -0.15) is 0 Å². The third-order valence-electron chi connectivity index (χ3n) is 4.79. The molecule has 3 aromatic rings. The lowest BCUT2D eigenvalue weighted by Crippen LogP contribution is -2.35. The molecule has 0 aliphatic heterocycles. The van der Waals surface area contributed by atoms with Gasteiger partial charge < -0.3 is 10.3 Å². The lowest BCUT2D eigenvalue weighted by Gasteiger charge is -2.07. The van der Waals surface area contributed by atoms with E-state index in [4.69, 9.17) is 0 Å². The number of aromatic amines is 1. The SMILES string of the molecule is Cc1ccc(CNC(=O)CCCCCn2c(=O)[nH]c3ccccc3c2=O)cc1. The molecule has 0 aliphatic rings. The van der Waals surface area contributed by atoms with E-state index in [2.05, 4.69) is 10.3 Å². The normalized spacial score (nSPS) is 10.9.